The molecule has 0 unspecified atom stereocenters. The molecule has 0 aliphatic heterocycles. The van der Waals surface area contributed by atoms with Crippen LogP contribution in [0.15, 0.2) is 53.2 Å². The minimum Gasteiger partial charge on any atom is -0.454 e. The molecular formula is C24H28N6O2. The van der Waals surface area contributed by atoms with Crippen molar-refractivity contribution in [2.24, 2.45) is 5.41 Å². The van der Waals surface area contributed by atoms with Gasteiger partial charge in [-0.2, -0.15) is 5.10 Å². The van der Waals surface area contributed by atoms with Crippen LogP contribution in [0.2, 0.25) is 0 Å². The van der Waals surface area contributed by atoms with E-state index in [9.17, 15) is 4.79 Å². The SMILES string of the molecule is Cc1c(C(=O)NCC(C)(C)CN(C)C)cnn1-c1nccc(-c2cc3ccccc3o2)n1. The summed E-state index contributed by atoms with van der Waals surface area (Å²) in [5, 5.41) is 8.41. The predicted molar refractivity (Wildman–Crippen MR) is 124 cm³/mol. The number of benzene rings is 1. The van der Waals surface area contributed by atoms with Crippen molar-refractivity contribution in [3.63, 3.8) is 0 Å². The Morgan fingerprint density at radius 1 is 1.22 bits per heavy atom. The van der Waals surface area contributed by atoms with Gasteiger partial charge in [-0.05, 0) is 44.6 Å². The van der Waals surface area contributed by atoms with E-state index in [2.05, 4.69) is 39.1 Å². The van der Waals surface area contributed by atoms with Crippen molar-refractivity contribution in [2.75, 3.05) is 27.2 Å². The smallest absolute Gasteiger partial charge is 0.254 e. The number of para-hydroxylation sites is 1. The first-order valence-electron chi connectivity index (χ1n) is 10.5. The molecule has 32 heavy (non-hydrogen) atoms. The van der Waals surface area contributed by atoms with Gasteiger partial charge in [0.2, 0.25) is 0 Å². The first kappa shape index (κ1) is 21.7. The zero-order valence-corrected chi connectivity index (χ0v) is 19.1. The van der Waals surface area contributed by atoms with Gasteiger partial charge in [-0.1, -0.05) is 32.0 Å². The van der Waals surface area contributed by atoms with E-state index in [1.807, 2.05) is 51.4 Å². The lowest BCUT2D eigenvalue weighted by Gasteiger charge is -2.28. The number of hydrogen-bond acceptors (Lipinski definition) is 6. The van der Waals surface area contributed by atoms with Gasteiger partial charge in [-0.25, -0.2) is 14.6 Å². The maximum atomic E-state index is 12.8. The number of rotatable bonds is 7. The number of fused-ring (bicyclic) bond motifs is 1. The lowest BCUT2D eigenvalue weighted by molar-refractivity contribution is 0.0928. The van der Waals surface area contributed by atoms with E-state index in [1.54, 1.807) is 23.1 Å². The fourth-order valence-electron chi connectivity index (χ4n) is 3.86. The van der Waals surface area contributed by atoms with Crippen LogP contribution in [0.4, 0.5) is 0 Å². The van der Waals surface area contributed by atoms with Crippen molar-refractivity contribution < 1.29 is 9.21 Å². The van der Waals surface area contributed by atoms with Crippen LogP contribution in [0.25, 0.3) is 28.4 Å². The van der Waals surface area contributed by atoms with E-state index in [4.69, 9.17) is 4.42 Å². The Morgan fingerprint density at radius 2 is 2.00 bits per heavy atom. The van der Waals surface area contributed by atoms with Crippen LogP contribution < -0.4 is 5.32 Å². The number of aromatic nitrogens is 4. The molecular weight excluding hydrogens is 404 g/mol. The van der Waals surface area contributed by atoms with Crippen molar-refractivity contribution in [3.05, 3.63) is 60.0 Å². The quantitative estimate of drug-likeness (QED) is 0.479. The molecule has 1 aromatic carbocycles. The first-order chi connectivity index (χ1) is 15.2. The van der Waals surface area contributed by atoms with Gasteiger partial charge >= 0.3 is 0 Å². The average molecular weight is 433 g/mol. The molecule has 3 aromatic heterocycles. The maximum Gasteiger partial charge on any atom is 0.254 e. The van der Waals surface area contributed by atoms with Crippen LogP contribution in [0, 0.1) is 12.3 Å². The second-order valence-electron chi connectivity index (χ2n) is 9.03. The maximum absolute atomic E-state index is 12.8. The molecule has 0 bridgehead atoms. The first-order valence-corrected chi connectivity index (χ1v) is 10.5. The number of amides is 1. The zero-order valence-electron chi connectivity index (χ0n) is 19.1. The number of carbonyl (C=O) groups is 1. The van der Waals surface area contributed by atoms with Gasteiger partial charge in [0, 0.05) is 24.7 Å². The van der Waals surface area contributed by atoms with E-state index in [0.29, 0.717) is 35.2 Å². The van der Waals surface area contributed by atoms with Crippen molar-refractivity contribution in [2.45, 2.75) is 20.8 Å². The van der Waals surface area contributed by atoms with E-state index in [0.717, 1.165) is 17.5 Å². The molecule has 0 atom stereocenters. The van der Waals surface area contributed by atoms with E-state index in [1.165, 1.54) is 0 Å². The minimum absolute atomic E-state index is 0.0485. The Labute approximate surface area is 187 Å². The van der Waals surface area contributed by atoms with E-state index >= 15 is 0 Å². The molecule has 3 heterocycles. The highest BCUT2D eigenvalue weighted by molar-refractivity contribution is 5.95. The lowest BCUT2D eigenvalue weighted by Crippen LogP contribution is -2.40. The van der Waals surface area contributed by atoms with Crippen LogP contribution >= 0.6 is 0 Å². The molecule has 4 aromatic rings. The van der Waals surface area contributed by atoms with Gasteiger partial charge in [0.15, 0.2) is 5.76 Å². The van der Waals surface area contributed by atoms with Gasteiger partial charge in [0.1, 0.15) is 11.3 Å². The van der Waals surface area contributed by atoms with Crippen LogP contribution in [0.1, 0.15) is 29.9 Å². The standard InChI is InChI=1S/C24H28N6O2/c1-16-18(22(31)26-14-24(2,3)15-29(4)5)13-27-30(16)23-25-11-10-19(28-23)21-12-17-8-6-7-9-20(17)32-21/h6-13H,14-15H2,1-5H3,(H,26,31). The minimum atomic E-state index is -0.158. The molecule has 0 spiro atoms. The van der Waals surface area contributed by atoms with Crippen LogP contribution in [-0.4, -0.2) is 57.7 Å². The molecule has 0 aliphatic carbocycles. The van der Waals surface area contributed by atoms with Gasteiger partial charge in [0.25, 0.3) is 11.9 Å². The zero-order chi connectivity index (χ0) is 22.9. The van der Waals surface area contributed by atoms with Crippen molar-refractivity contribution >= 4 is 16.9 Å². The number of carbonyl (C=O) groups excluding carboxylic acids is 1. The molecule has 1 N–H and O–H groups in total. The monoisotopic (exact) mass is 432 g/mol. The fraction of sp³-hybridized carbons (Fsp3) is 0.333. The highest BCUT2D eigenvalue weighted by atomic mass is 16.3. The summed E-state index contributed by atoms with van der Waals surface area (Å²) in [5.41, 5.74) is 2.58. The molecule has 0 aliphatic rings. The van der Waals surface area contributed by atoms with Crippen LogP contribution in [-0.2, 0) is 0 Å². The Kier molecular flexibility index (Phi) is 5.80. The van der Waals surface area contributed by atoms with Gasteiger partial charge < -0.3 is 14.6 Å². The Bertz CT molecular complexity index is 1220. The molecule has 4 rings (SSSR count). The third-order valence-corrected chi connectivity index (χ3v) is 5.24. The highest BCUT2D eigenvalue weighted by Crippen LogP contribution is 2.26. The Hall–Kier alpha value is -3.52. The molecule has 0 radical (unpaired) electrons. The summed E-state index contributed by atoms with van der Waals surface area (Å²) >= 11 is 0. The largest absolute Gasteiger partial charge is 0.454 e. The van der Waals surface area contributed by atoms with Crippen LogP contribution in [0.5, 0.6) is 0 Å². The molecule has 8 heteroatoms. The second-order valence-corrected chi connectivity index (χ2v) is 9.03. The Balaban J connectivity index is 1.55. The topological polar surface area (TPSA) is 89.1 Å². The second kappa shape index (κ2) is 8.55. The molecule has 0 fully saturated rings. The summed E-state index contributed by atoms with van der Waals surface area (Å²) < 4.78 is 7.50. The van der Waals surface area contributed by atoms with E-state index < -0.39 is 0 Å². The summed E-state index contributed by atoms with van der Waals surface area (Å²) in [6.07, 6.45) is 3.22. The molecule has 0 saturated heterocycles. The number of nitrogens with one attached hydrogen (secondary N) is 1. The summed E-state index contributed by atoms with van der Waals surface area (Å²) in [4.78, 5) is 23.9. The van der Waals surface area contributed by atoms with Gasteiger partial charge in [-0.3, -0.25) is 4.79 Å². The third kappa shape index (κ3) is 4.55. The van der Waals surface area contributed by atoms with E-state index in [-0.39, 0.29) is 11.3 Å². The average Bonchev–Trinajstić information content (AvgIpc) is 3.35. The van der Waals surface area contributed by atoms with Crippen molar-refractivity contribution in [1.82, 2.24) is 30.0 Å². The third-order valence-electron chi connectivity index (χ3n) is 5.24. The normalized spacial score (nSPS) is 11.9. The predicted octanol–water partition coefficient (Wildman–Crippen LogP) is 3.70. The van der Waals surface area contributed by atoms with Crippen LogP contribution in [0.3, 0.4) is 0 Å². The number of nitrogens with zero attached hydrogens (tertiary/aromatic N) is 5. The van der Waals surface area contributed by atoms with Gasteiger partial charge in [-0.15, -0.1) is 0 Å². The molecule has 1 amide bonds. The highest BCUT2D eigenvalue weighted by Gasteiger charge is 2.22. The van der Waals surface area contributed by atoms with Crippen molar-refractivity contribution in [3.8, 4) is 17.4 Å². The summed E-state index contributed by atoms with van der Waals surface area (Å²) in [5.74, 6) is 0.877. The Morgan fingerprint density at radius 3 is 2.75 bits per heavy atom. The van der Waals surface area contributed by atoms with Crippen molar-refractivity contribution in [1.29, 1.82) is 0 Å². The number of hydrogen-bond donors (Lipinski definition) is 1. The molecule has 8 nitrogen and oxygen atoms in total. The summed E-state index contributed by atoms with van der Waals surface area (Å²) in [6.45, 7) is 7.52. The molecule has 166 valence electrons. The molecule has 0 saturated carbocycles. The summed E-state index contributed by atoms with van der Waals surface area (Å²) in [6, 6.07) is 11.6. The fourth-order valence-corrected chi connectivity index (χ4v) is 3.86. The lowest BCUT2D eigenvalue weighted by atomic mass is 9.93. The summed E-state index contributed by atoms with van der Waals surface area (Å²) in [7, 11) is 4.05. The van der Waals surface area contributed by atoms with Gasteiger partial charge in [0.05, 0.1) is 17.5 Å². The number of furan rings is 1.